The van der Waals surface area contributed by atoms with Gasteiger partial charge in [0.25, 0.3) is 5.56 Å². The molecular weight excluding hydrogens is 206 g/mol. The summed E-state index contributed by atoms with van der Waals surface area (Å²) < 4.78 is 1.87. The molecule has 1 atom stereocenters. The minimum absolute atomic E-state index is 0.122. The van der Waals surface area contributed by atoms with Crippen LogP contribution in [0.25, 0.3) is 0 Å². The van der Waals surface area contributed by atoms with Crippen LogP contribution in [-0.4, -0.2) is 4.57 Å². The molecular formula is C12H19NOS. The monoisotopic (exact) mass is 225 g/mol. The molecule has 0 aromatic carbocycles. The van der Waals surface area contributed by atoms with E-state index >= 15 is 0 Å². The summed E-state index contributed by atoms with van der Waals surface area (Å²) in [7, 11) is 0. The van der Waals surface area contributed by atoms with Crippen molar-refractivity contribution in [3.05, 3.63) is 33.2 Å². The van der Waals surface area contributed by atoms with Gasteiger partial charge in [-0.3, -0.25) is 4.79 Å². The summed E-state index contributed by atoms with van der Waals surface area (Å²) >= 11 is 4.22. The van der Waals surface area contributed by atoms with E-state index < -0.39 is 0 Å². The molecule has 0 bridgehead atoms. The Morgan fingerprint density at radius 2 is 2.07 bits per heavy atom. The van der Waals surface area contributed by atoms with E-state index in [0.29, 0.717) is 5.75 Å². The van der Waals surface area contributed by atoms with Gasteiger partial charge in [0.15, 0.2) is 0 Å². The largest absolute Gasteiger partial charge is 0.310 e. The highest BCUT2D eigenvalue weighted by molar-refractivity contribution is 7.79. The standard InChI is InChI=1S/C12H19NOS/c1-5-9(3)13-10(4)6-8(2)11(7-15)12(13)14/h6,9,15H,5,7H2,1-4H3. The average molecular weight is 225 g/mol. The summed E-state index contributed by atoms with van der Waals surface area (Å²) in [6.07, 6.45) is 0.968. The number of thiol groups is 1. The second-order valence-electron chi connectivity index (χ2n) is 4.04. The number of nitrogens with zero attached hydrogens (tertiary/aromatic N) is 1. The van der Waals surface area contributed by atoms with E-state index in [2.05, 4.69) is 32.5 Å². The first-order valence-corrected chi connectivity index (χ1v) is 5.98. The van der Waals surface area contributed by atoms with E-state index in [9.17, 15) is 4.79 Å². The highest BCUT2D eigenvalue weighted by Gasteiger charge is 2.12. The van der Waals surface area contributed by atoms with Gasteiger partial charge in [-0.1, -0.05) is 6.92 Å². The van der Waals surface area contributed by atoms with Crippen molar-refractivity contribution in [2.75, 3.05) is 0 Å². The number of aryl methyl sites for hydroxylation is 2. The third kappa shape index (κ3) is 2.28. The second-order valence-corrected chi connectivity index (χ2v) is 4.35. The van der Waals surface area contributed by atoms with Crippen LogP contribution in [0.15, 0.2) is 10.9 Å². The minimum Gasteiger partial charge on any atom is -0.310 e. The van der Waals surface area contributed by atoms with Crippen molar-refractivity contribution in [1.29, 1.82) is 0 Å². The fraction of sp³-hybridized carbons (Fsp3) is 0.583. The third-order valence-electron chi connectivity index (χ3n) is 2.95. The van der Waals surface area contributed by atoms with Crippen LogP contribution in [0.3, 0.4) is 0 Å². The van der Waals surface area contributed by atoms with Crippen molar-refractivity contribution >= 4 is 12.6 Å². The van der Waals surface area contributed by atoms with Gasteiger partial charge in [-0.2, -0.15) is 12.6 Å². The molecule has 0 saturated carbocycles. The summed E-state index contributed by atoms with van der Waals surface area (Å²) in [6, 6.07) is 2.33. The van der Waals surface area contributed by atoms with Gasteiger partial charge in [-0.25, -0.2) is 0 Å². The van der Waals surface area contributed by atoms with Gasteiger partial charge in [0, 0.05) is 23.1 Å². The summed E-state index contributed by atoms with van der Waals surface area (Å²) in [4.78, 5) is 12.2. The molecule has 0 radical (unpaired) electrons. The summed E-state index contributed by atoms with van der Waals surface area (Å²) in [5, 5.41) is 0. The van der Waals surface area contributed by atoms with Crippen LogP contribution in [0.5, 0.6) is 0 Å². The van der Waals surface area contributed by atoms with Gasteiger partial charge in [0.1, 0.15) is 0 Å². The Morgan fingerprint density at radius 1 is 1.47 bits per heavy atom. The Labute approximate surface area is 96.7 Å². The van der Waals surface area contributed by atoms with E-state index in [1.807, 2.05) is 18.4 Å². The van der Waals surface area contributed by atoms with Gasteiger partial charge >= 0.3 is 0 Å². The van der Waals surface area contributed by atoms with E-state index in [1.165, 1.54) is 0 Å². The molecule has 0 aliphatic heterocycles. The molecule has 0 fully saturated rings. The molecule has 1 rings (SSSR count). The molecule has 3 heteroatoms. The van der Waals surface area contributed by atoms with E-state index in [4.69, 9.17) is 0 Å². The number of pyridine rings is 1. The molecule has 1 aromatic rings. The lowest BCUT2D eigenvalue weighted by Crippen LogP contribution is -2.28. The Kier molecular flexibility index (Phi) is 4.03. The molecule has 15 heavy (non-hydrogen) atoms. The maximum absolute atomic E-state index is 12.2. The van der Waals surface area contributed by atoms with Crippen LogP contribution in [0, 0.1) is 13.8 Å². The lowest BCUT2D eigenvalue weighted by Gasteiger charge is -2.18. The van der Waals surface area contributed by atoms with Crippen LogP contribution in [0.1, 0.15) is 43.1 Å². The van der Waals surface area contributed by atoms with Crippen LogP contribution >= 0.6 is 12.6 Å². The zero-order valence-corrected chi connectivity index (χ0v) is 10.8. The Bertz CT molecular complexity index is 409. The maximum atomic E-state index is 12.2. The van der Waals surface area contributed by atoms with Gasteiger partial charge in [-0.05, 0) is 38.8 Å². The maximum Gasteiger partial charge on any atom is 0.255 e. The first-order valence-electron chi connectivity index (χ1n) is 5.35. The topological polar surface area (TPSA) is 22.0 Å². The molecule has 0 saturated heterocycles. The summed E-state index contributed by atoms with van der Waals surface area (Å²) in [5.41, 5.74) is 3.03. The second kappa shape index (κ2) is 4.88. The van der Waals surface area contributed by atoms with Crippen molar-refractivity contribution in [2.24, 2.45) is 0 Å². The van der Waals surface area contributed by atoms with Crippen molar-refractivity contribution in [3.8, 4) is 0 Å². The lowest BCUT2D eigenvalue weighted by atomic mass is 10.1. The summed E-state index contributed by atoms with van der Waals surface area (Å²) in [5.74, 6) is 0.515. The van der Waals surface area contributed by atoms with Gasteiger partial charge in [0.2, 0.25) is 0 Å². The fourth-order valence-electron chi connectivity index (χ4n) is 1.87. The Hall–Kier alpha value is -0.700. The number of aromatic nitrogens is 1. The highest BCUT2D eigenvalue weighted by Crippen LogP contribution is 2.14. The summed E-state index contributed by atoms with van der Waals surface area (Å²) in [6.45, 7) is 8.13. The molecule has 0 aliphatic carbocycles. The van der Waals surface area contributed by atoms with Gasteiger partial charge < -0.3 is 4.57 Å². The first kappa shape index (κ1) is 12.4. The molecule has 84 valence electrons. The SMILES string of the molecule is CCC(C)n1c(C)cc(C)c(CS)c1=O. The van der Waals surface area contributed by atoms with Crippen molar-refractivity contribution in [2.45, 2.75) is 45.9 Å². The van der Waals surface area contributed by atoms with Crippen LogP contribution in [-0.2, 0) is 5.75 Å². The van der Waals surface area contributed by atoms with Crippen LogP contribution in [0.2, 0.25) is 0 Å². The van der Waals surface area contributed by atoms with Crippen LogP contribution in [0.4, 0.5) is 0 Å². The van der Waals surface area contributed by atoms with Crippen molar-refractivity contribution < 1.29 is 0 Å². The molecule has 0 N–H and O–H groups in total. The highest BCUT2D eigenvalue weighted by atomic mass is 32.1. The van der Waals surface area contributed by atoms with Gasteiger partial charge in [-0.15, -0.1) is 0 Å². The molecule has 0 aliphatic rings. The number of hydrogen-bond donors (Lipinski definition) is 1. The molecule has 0 amide bonds. The predicted molar refractivity (Wildman–Crippen MR) is 67.9 cm³/mol. The number of rotatable bonds is 3. The van der Waals surface area contributed by atoms with Crippen LogP contribution < -0.4 is 5.56 Å². The molecule has 1 heterocycles. The molecule has 2 nitrogen and oxygen atoms in total. The van der Waals surface area contributed by atoms with Crippen molar-refractivity contribution in [3.63, 3.8) is 0 Å². The van der Waals surface area contributed by atoms with E-state index in [1.54, 1.807) is 0 Å². The Morgan fingerprint density at radius 3 is 2.53 bits per heavy atom. The molecule has 1 unspecified atom stereocenters. The van der Waals surface area contributed by atoms with E-state index in [0.717, 1.165) is 23.2 Å². The van der Waals surface area contributed by atoms with E-state index in [-0.39, 0.29) is 11.6 Å². The third-order valence-corrected chi connectivity index (χ3v) is 3.26. The first-order chi connectivity index (χ1) is 7.02. The predicted octanol–water partition coefficient (Wildman–Crippen LogP) is 2.87. The fourth-order valence-corrected chi connectivity index (χ4v) is 2.25. The molecule has 0 spiro atoms. The quantitative estimate of drug-likeness (QED) is 0.785. The normalized spacial score (nSPS) is 12.9. The van der Waals surface area contributed by atoms with Gasteiger partial charge in [0.05, 0.1) is 0 Å². The zero-order valence-electron chi connectivity index (χ0n) is 9.87. The lowest BCUT2D eigenvalue weighted by molar-refractivity contribution is 0.499. The van der Waals surface area contributed by atoms with Crippen molar-refractivity contribution in [1.82, 2.24) is 4.57 Å². The average Bonchev–Trinajstić information content (AvgIpc) is 2.17. The molecule has 1 aromatic heterocycles. The zero-order chi connectivity index (χ0) is 11.6. The Balaban J connectivity index is 3.46. The smallest absolute Gasteiger partial charge is 0.255 e. The number of hydrogen-bond acceptors (Lipinski definition) is 2. The minimum atomic E-state index is 0.122.